The summed E-state index contributed by atoms with van der Waals surface area (Å²) < 4.78 is 15.8. The number of hydrogen-bond acceptors (Lipinski definition) is 5. The van der Waals surface area contributed by atoms with Crippen LogP contribution in [0, 0.1) is 12.7 Å². The number of aromatic nitrogens is 2. The number of hydrogen-bond donors (Lipinski definition) is 1. The molecular weight excluding hydrogens is 373 g/mol. The van der Waals surface area contributed by atoms with Crippen molar-refractivity contribution in [1.82, 2.24) is 9.55 Å². The van der Waals surface area contributed by atoms with Crippen molar-refractivity contribution >= 4 is 44.9 Å². The fraction of sp³-hybridized carbons (Fsp3) is 0.278. The van der Waals surface area contributed by atoms with Crippen LogP contribution in [0.4, 0.5) is 10.1 Å². The predicted octanol–water partition coefficient (Wildman–Crippen LogP) is 4.05. The highest BCUT2D eigenvalue weighted by Gasteiger charge is 2.14. The summed E-state index contributed by atoms with van der Waals surface area (Å²) in [7, 11) is 0. The van der Waals surface area contributed by atoms with Gasteiger partial charge < -0.3 is 5.32 Å². The summed E-state index contributed by atoms with van der Waals surface area (Å²) in [5, 5.41) is 5.02. The third-order valence-corrected chi connectivity index (χ3v) is 5.63. The average Bonchev–Trinajstić information content (AvgIpc) is 3.08. The fourth-order valence-electron chi connectivity index (χ4n) is 2.45. The molecule has 0 aliphatic rings. The van der Waals surface area contributed by atoms with E-state index in [1.54, 1.807) is 29.7 Å². The monoisotopic (exact) mass is 391 g/mol. The number of carbonyl (C=O) groups excluding carboxylic acids is 1. The lowest BCUT2D eigenvalue weighted by Gasteiger charge is -2.11. The number of benzene rings is 1. The van der Waals surface area contributed by atoms with Crippen LogP contribution in [-0.2, 0) is 11.3 Å². The first-order valence-corrected chi connectivity index (χ1v) is 10.0. The Kier molecular flexibility index (Phi) is 5.73. The first-order valence-electron chi connectivity index (χ1n) is 8.16. The number of thioether (sulfide) groups is 1. The first kappa shape index (κ1) is 18.6. The van der Waals surface area contributed by atoms with E-state index in [0.717, 1.165) is 6.42 Å². The molecule has 8 heteroatoms. The lowest BCUT2D eigenvalue weighted by atomic mass is 10.2. The molecule has 3 aromatic rings. The summed E-state index contributed by atoms with van der Waals surface area (Å²) in [6, 6.07) is 6.37. The van der Waals surface area contributed by atoms with Crippen molar-refractivity contribution < 1.29 is 9.18 Å². The van der Waals surface area contributed by atoms with Crippen LogP contribution in [0.5, 0.6) is 0 Å². The fourth-order valence-corrected chi connectivity index (χ4v) is 4.06. The molecule has 0 saturated carbocycles. The van der Waals surface area contributed by atoms with E-state index in [1.165, 1.54) is 29.2 Å². The standard InChI is InChI=1S/C18H18FN3O2S2/c1-3-7-22-17(24)16-14(6-8-25-16)21-18(22)26-10-15(23)20-12-5-4-11(2)13(19)9-12/h4-6,8-9H,3,7,10H2,1-2H3,(H,20,23). The van der Waals surface area contributed by atoms with Gasteiger partial charge in [-0.05, 0) is 42.5 Å². The topological polar surface area (TPSA) is 64.0 Å². The van der Waals surface area contributed by atoms with E-state index in [1.807, 2.05) is 12.3 Å². The smallest absolute Gasteiger partial charge is 0.272 e. The Hall–Kier alpha value is -2.19. The molecule has 2 aromatic heterocycles. The number of nitrogens with one attached hydrogen (secondary N) is 1. The molecule has 0 radical (unpaired) electrons. The molecule has 0 saturated heterocycles. The largest absolute Gasteiger partial charge is 0.325 e. The zero-order valence-electron chi connectivity index (χ0n) is 14.4. The second-order valence-electron chi connectivity index (χ2n) is 5.79. The van der Waals surface area contributed by atoms with E-state index in [9.17, 15) is 14.0 Å². The second kappa shape index (κ2) is 8.01. The quantitative estimate of drug-likeness (QED) is 0.509. The molecule has 0 bridgehead atoms. The first-order chi connectivity index (χ1) is 12.5. The summed E-state index contributed by atoms with van der Waals surface area (Å²) in [6.45, 7) is 4.20. The molecule has 1 amide bonds. The molecule has 2 heterocycles. The highest BCUT2D eigenvalue weighted by atomic mass is 32.2. The highest BCUT2D eigenvalue weighted by molar-refractivity contribution is 7.99. The number of nitrogens with zero attached hydrogens (tertiary/aromatic N) is 2. The zero-order valence-corrected chi connectivity index (χ0v) is 16.0. The number of thiophene rings is 1. The maximum Gasteiger partial charge on any atom is 0.272 e. The molecular formula is C18H18FN3O2S2. The number of rotatable bonds is 6. The summed E-state index contributed by atoms with van der Waals surface area (Å²) >= 11 is 2.58. The Morgan fingerprint density at radius 1 is 1.38 bits per heavy atom. The van der Waals surface area contributed by atoms with E-state index in [4.69, 9.17) is 0 Å². The average molecular weight is 391 g/mol. The van der Waals surface area contributed by atoms with Gasteiger partial charge >= 0.3 is 0 Å². The van der Waals surface area contributed by atoms with Gasteiger partial charge in [-0.3, -0.25) is 14.2 Å². The number of aryl methyl sites for hydroxylation is 1. The predicted molar refractivity (Wildman–Crippen MR) is 105 cm³/mol. The Balaban J connectivity index is 1.76. The Bertz CT molecular complexity index is 1010. The number of halogens is 1. The molecule has 3 rings (SSSR count). The molecule has 26 heavy (non-hydrogen) atoms. The van der Waals surface area contributed by atoms with Gasteiger partial charge in [0, 0.05) is 12.2 Å². The van der Waals surface area contributed by atoms with Crippen LogP contribution in [0.3, 0.4) is 0 Å². The number of anilines is 1. The normalized spacial score (nSPS) is 11.0. The number of fused-ring (bicyclic) bond motifs is 1. The Morgan fingerprint density at radius 3 is 2.92 bits per heavy atom. The van der Waals surface area contributed by atoms with Crippen molar-refractivity contribution in [3.05, 3.63) is 51.4 Å². The van der Waals surface area contributed by atoms with E-state index in [0.29, 0.717) is 33.2 Å². The summed E-state index contributed by atoms with van der Waals surface area (Å²) in [4.78, 5) is 29.3. The summed E-state index contributed by atoms with van der Waals surface area (Å²) in [6.07, 6.45) is 0.793. The SMILES string of the molecule is CCCn1c(SCC(=O)Nc2ccc(C)c(F)c2)nc2ccsc2c1=O. The molecule has 136 valence electrons. The maximum absolute atomic E-state index is 13.6. The Labute approximate surface area is 158 Å². The van der Waals surface area contributed by atoms with E-state index in [-0.39, 0.29) is 23.0 Å². The van der Waals surface area contributed by atoms with Crippen LogP contribution >= 0.6 is 23.1 Å². The van der Waals surface area contributed by atoms with Crippen molar-refractivity contribution in [2.24, 2.45) is 0 Å². The lowest BCUT2D eigenvalue weighted by Crippen LogP contribution is -2.23. The van der Waals surface area contributed by atoms with Crippen LogP contribution < -0.4 is 10.9 Å². The second-order valence-corrected chi connectivity index (χ2v) is 7.65. The highest BCUT2D eigenvalue weighted by Crippen LogP contribution is 2.21. The van der Waals surface area contributed by atoms with Crippen LogP contribution in [0.2, 0.25) is 0 Å². The van der Waals surface area contributed by atoms with E-state index >= 15 is 0 Å². The minimum atomic E-state index is -0.364. The molecule has 0 spiro atoms. The molecule has 0 atom stereocenters. The van der Waals surface area contributed by atoms with Crippen molar-refractivity contribution in [3.63, 3.8) is 0 Å². The van der Waals surface area contributed by atoms with Gasteiger partial charge in [-0.2, -0.15) is 0 Å². The molecule has 1 N–H and O–H groups in total. The molecule has 0 unspecified atom stereocenters. The molecule has 0 aliphatic carbocycles. The zero-order chi connectivity index (χ0) is 18.7. The lowest BCUT2D eigenvalue weighted by molar-refractivity contribution is -0.113. The van der Waals surface area contributed by atoms with Crippen LogP contribution in [0.25, 0.3) is 10.2 Å². The van der Waals surface area contributed by atoms with Crippen LogP contribution in [-0.4, -0.2) is 21.2 Å². The third kappa shape index (κ3) is 3.96. The molecule has 0 fully saturated rings. The van der Waals surface area contributed by atoms with Gasteiger partial charge in [0.1, 0.15) is 10.5 Å². The van der Waals surface area contributed by atoms with Gasteiger partial charge in [-0.25, -0.2) is 9.37 Å². The molecule has 5 nitrogen and oxygen atoms in total. The number of amides is 1. The minimum absolute atomic E-state index is 0.0737. The minimum Gasteiger partial charge on any atom is -0.325 e. The maximum atomic E-state index is 13.6. The third-order valence-electron chi connectivity index (χ3n) is 3.77. The van der Waals surface area contributed by atoms with Crippen LogP contribution in [0.15, 0.2) is 39.6 Å². The molecule has 1 aromatic carbocycles. The summed E-state index contributed by atoms with van der Waals surface area (Å²) in [5.41, 5.74) is 1.51. The van der Waals surface area contributed by atoms with Gasteiger partial charge in [-0.1, -0.05) is 24.8 Å². The summed E-state index contributed by atoms with van der Waals surface area (Å²) in [5.74, 6) is -0.556. The van der Waals surface area contributed by atoms with Gasteiger partial charge in [0.15, 0.2) is 5.16 Å². The number of carbonyl (C=O) groups is 1. The van der Waals surface area contributed by atoms with E-state index in [2.05, 4.69) is 10.3 Å². The molecule has 0 aliphatic heterocycles. The van der Waals surface area contributed by atoms with Gasteiger partial charge in [0.25, 0.3) is 5.56 Å². The Morgan fingerprint density at radius 2 is 2.19 bits per heavy atom. The van der Waals surface area contributed by atoms with Crippen molar-refractivity contribution in [3.8, 4) is 0 Å². The van der Waals surface area contributed by atoms with Crippen molar-refractivity contribution in [2.45, 2.75) is 32.0 Å². The van der Waals surface area contributed by atoms with Gasteiger partial charge in [0.05, 0.1) is 11.3 Å². The van der Waals surface area contributed by atoms with Gasteiger partial charge in [0.2, 0.25) is 5.91 Å². The van der Waals surface area contributed by atoms with Crippen LogP contribution in [0.1, 0.15) is 18.9 Å². The van der Waals surface area contributed by atoms with Crippen molar-refractivity contribution in [1.29, 1.82) is 0 Å². The van der Waals surface area contributed by atoms with Gasteiger partial charge in [-0.15, -0.1) is 11.3 Å². The van der Waals surface area contributed by atoms with Crippen molar-refractivity contribution in [2.75, 3.05) is 11.1 Å². The van der Waals surface area contributed by atoms with E-state index < -0.39 is 0 Å².